The second kappa shape index (κ2) is 5.57. The zero-order valence-corrected chi connectivity index (χ0v) is 11.3. The van der Waals surface area contributed by atoms with E-state index in [4.69, 9.17) is 10.5 Å². The summed E-state index contributed by atoms with van der Waals surface area (Å²) < 4.78 is 5.97. The number of hydrogen-bond acceptors (Lipinski definition) is 4. The summed E-state index contributed by atoms with van der Waals surface area (Å²) in [5.74, 6) is 0.900. The number of pyridine rings is 1. The molecular formula is C14H23N3O. The van der Waals surface area contributed by atoms with Crippen LogP contribution in [0.5, 0.6) is 0 Å². The normalized spacial score (nSPS) is 22.7. The zero-order chi connectivity index (χ0) is 13.0. The van der Waals surface area contributed by atoms with E-state index in [-0.39, 0.29) is 5.60 Å². The first-order valence-electron chi connectivity index (χ1n) is 6.79. The molecule has 0 bridgehead atoms. The third-order valence-corrected chi connectivity index (χ3v) is 3.92. The first-order valence-corrected chi connectivity index (χ1v) is 6.79. The summed E-state index contributed by atoms with van der Waals surface area (Å²) in [7, 11) is 0. The number of hydrogen-bond donors (Lipinski definition) is 2. The quantitative estimate of drug-likeness (QED) is 0.861. The first kappa shape index (κ1) is 13.1. The molecular weight excluding hydrogens is 226 g/mol. The Bertz CT molecular complexity index is 373. The third kappa shape index (κ3) is 2.93. The van der Waals surface area contributed by atoms with Crippen LogP contribution in [0.3, 0.4) is 0 Å². The molecule has 1 fully saturated rings. The Labute approximate surface area is 109 Å². The molecule has 2 rings (SSSR count). The largest absolute Gasteiger partial charge is 0.397 e. The summed E-state index contributed by atoms with van der Waals surface area (Å²) in [6.07, 6.45) is 5.90. The van der Waals surface area contributed by atoms with Gasteiger partial charge >= 0.3 is 0 Å². The standard InChI is InChI=1S/C14H23N3O/c1-3-14(4-2)9-12(7-8-18-14)17-13-6-5-11(15)10-16-13/h5-6,10,12H,3-4,7-9,15H2,1-2H3,(H,16,17). The summed E-state index contributed by atoms with van der Waals surface area (Å²) in [6, 6.07) is 4.25. The summed E-state index contributed by atoms with van der Waals surface area (Å²) in [5, 5.41) is 3.48. The highest BCUT2D eigenvalue weighted by molar-refractivity contribution is 5.44. The molecule has 1 unspecified atom stereocenters. The second-order valence-electron chi connectivity index (χ2n) is 5.05. The van der Waals surface area contributed by atoms with Crippen molar-refractivity contribution in [2.24, 2.45) is 0 Å². The maximum atomic E-state index is 5.97. The van der Waals surface area contributed by atoms with Gasteiger partial charge in [0.05, 0.1) is 17.5 Å². The van der Waals surface area contributed by atoms with Gasteiger partial charge in [0.2, 0.25) is 0 Å². The molecule has 4 heteroatoms. The molecule has 0 saturated carbocycles. The van der Waals surface area contributed by atoms with E-state index in [2.05, 4.69) is 24.1 Å². The molecule has 18 heavy (non-hydrogen) atoms. The average molecular weight is 249 g/mol. The predicted molar refractivity (Wildman–Crippen MR) is 74.6 cm³/mol. The molecule has 0 aromatic carbocycles. The third-order valence-electron chi connectivity index (χ3n) is 3.92. The number of nitrogen functional groups attached to an aromatic ring is 1. The monoisotopic (exact) mass is 249 g/mol. The van der Waals surface area contributed by atoms with E-state index in [0.717, 1.165) is 38.1 Å². The Morgan fingerprint density at radius 2 is 2.22 bits per heavy atom. The van der Waals surface area contributed by atoms with E-state index in [1.54, 1.807) is 6.20 Å². The van der Waals surface area contributed by atoms with Gasteiger partial charge in [0.25, 0.3) is 0 Å². The average Bonchev–Trinajstić information content (AvgIpc) is 2.41. The molecule has 0 aliphatic carbocycles. The second-order valence-corrected chi connectivity index (χ2v) is 5.05. The van der Waals surface area contributed by atoms with Crippen molar-refractivity contribution in [2.75, 3.05) is 17.7 Å². The van der Waals surface area contributed by atoms with E-state index < -0.39 is 0 Å². The lowest BCUT2D eigenvalue weighted by atomic mass is 9.86. The van der Waals surface area contributed by atoms with E-state index in [9.17, 15) is 0 Å². The highest BCUT2D eigenvalue weighted by atomic mass is 16.5. The van der Waals surface area contributed by atoms with Gasteiger partial charge in [-0.05, 0) is 37.8 Å². The Kier molecular flexibility index (Phi) is 4.07. The maximum absolute atomic E-state index is 5.97. The first-order chi connectivity index (χ1) is 8.67. The fourth-order valence-electron chi connectivity index (χ4n) is 2.59. The van der Waals surface area contributed by atoms with Crippen LogP contribution in [0.15, 0.2) is 18.3 Å². The van der Waals surface area contributed by atoms with Crippen LogP contribution in [0.2, 0.25) is 0 Å². The van der Waals surface area contributed by atoms with Gasteiger partial charge in [-0.2, -0.15) is 0 Å². The molecule has 0 spiro atoms. The molecule has 4 nitrogen and oxygen atoms in total. The van der Waals surface area contributed by atoms with Crippen molar-refractivity contribution in [2.45, 2.75) is 51.2 Å². The van der Waals surface area contributed by atoms with Gasteiger partial charge in [0.15, 0.2) is 0 Å². The summed E-state index contributed by atoms with van der Waals surface area (Å²) >= 11 is 0. The molecule has 1 atom stereocenters. The topological polar surface area (TPSA) is 60.2 Å². The molecule has 0 radical (unpaired) electrons. The van der Waals surface area contributed by atoms with Crippen molar-refractivity contribution in [1.29, 1.82) is 0 Å². The molecule has 1 aromatic heterocycles. The molecule has 1 aliphatic heterocycles. The van der Waals surface area contributed by atoms with Gasteiger partial charge in [-0.1, -0.05) is 13.8 Å². The molecule has 0 amide bonds. The molecule has 1 saturated heterocycles. The number of nitrogens with one attached hydrogen (secondary N) is 1. The van der Waals surface area contributed by atoms with Crippen molar-refractivity contribution in [1.82, 2.24) is 4.98 Å². The minimum Gasteiger partial charge on any atom is -0.397 e. The molecule has 1 aliphatic rings. The van der Waals surface area contributed by atoms with Crippen molar-refractivity contribution in [3.05, 3.63) is 18.3 Å². The minimum atomic E-state index is 0.0454. The zero-order valence-electron chi connectivity index (χ0n) is 11.3. The van der Waals surface area contributed by atoms with E-state index in [1.165, 1.54) is 0 Å². The SMILES string of the molecule is CCC1(CC)CC(Nc2ccc(N)cn2)CCO1. The van der Waals surface area contributed by atoms with Crippen molar-refractivity contribution < 1.29 is 4.74 Å². The van der Waals surface area contributed by atoms with E-state index in [0.29, 0.717) is 11.7 Å². The summed E-state index contributed by atoms with van der Waals surface area (Å²) in [4.78, 5) is 4.29. The number of aromatic nitrogens is 1. The summed E-state index contributed by atoms with van der Waals surface area (Å²) in [6.45, 7) is 5.23. The lowest BCUT2D eigenvalue weighted by Crippen LogP contribution is -2.43. The van der Waals surface area contributed by atoms with Gasteiger partial charge < -0.3 is 15.8 Å². The Morgan fingerprint density at radius 1 is 1.44 bits per heavy atom. The fraction of sp³-hybridized carbons (Fsp3) is 0.643. The minimum absolute atomic E-state index is 0.0454. The van der Waals surface area contributed by atoms with Crippen LogP contribution in [-0.2, 0) is 4.74 Å². The smallest absolute Gasteiger partial charge is 0.126 e. The number of nitrogens with zero attached hydrogens (tertiary/aromatic N) is 1. The van der Waals surface area contributed by atoms with Gasteiger partial charge in [0.1, 0.15) is 5.82 Å². The van der Waals surface area contributed by atoms with Crippen LogP contribution < -0.4 is 11.1 Å². The molecule has 3 N–H and O–H groups in total. The van der Waals surface area contributed by atoms with Gasteiger partial charge in [-0.3, -0.25) is 0 Å². The number of rotatable bonds is 4. The van der Waals surface area contributed by atoms with Crippen LogP contribution in [0.1, 0.15) is 39.5 Å². The Balaban J connectivity index is 1.99. The summed E-state index contributed by atoms with van der Waals surface area (Å²) in [5.41, 5.74) is 6.38. The molecule has 100 valence electrons. The van der Waals surface area contributed by atoms with Crippen LogP contribution in [-0.4, -0.2) is 23.2 Å². The number of anilines is 2. The maximum Gasteiger partial charge on any atom is 0.126 e. The Morgan fingerprint density at radius 3 is 2.83 bits per heavy atom. The molecule has 2 heterocycles. The van der Waals surface area contributed by atoms with E-state index in [1.807, 2.05) is 12.1 Å². The van der Waals surface area contributed by atoms with Crippen molar-refractivity contribution in [3.8, 4) is 0 Å². The Hall–Kier alpha value is -1.29. The van der Waals surface area contributed by atoms with Gasteiger partial charge in [-0.15, -0.1) is 0 Å². The van der Waals surface area contributed by atoms with Gasteiger partial charge in [-0.25, -0.2) is 4.98 Å². The van der Waals surface area contributed by atoms with Crippen LogP contribution in [0, 0.1) is 0 Å². The molecule has 1 aromatic rings. The number of ether oxygens (including phenoxy) is 1. The van der Waals surface area contributed by atoms with Crippen LogP contribution in [0.4, 0.5) is 11.5 Å². The van der Waals surface area contributed by atoms with Gasteiger partial charge in [0, 0.05) is 12.6 Å². The fourth-order valence-corrected chi connectivity index (χ4v) is 2.59. The van der Waals surface area contributed by atoms with Crippen LogP contribution in [0.25, 0.3) is 0 Å². The highest BCUT2D eigenvalue weighted by Gasteiger charge is 2.34. The van der Waals surface area contributed by atoms with Crippen LogP contribution >= 0.6 is 0 Å². The lowest BCUT2D eigenvalue weighted by molar-refractivity contribution is -0.0864. The highest BCUT2D eigenvalue weighted by Crippen LogP contribution is 2.32. The predicted octanol–water partition coefficient (Wildman–Crippen LogP) is 2.81. The van der Waals surface area contributed by atoms with E-state index >= 15 is 0 Å². The van der Waals surface area contributed by atoms with Crippen molar-refractivity contribution in [3.63, 3.8) is 0 Å². The van der Waals surface area contributed by atoms with Crippen molar-refractivity contribution >= 4 is 11.5 Å². The lowest BCUT2D eigenvalue weighted by Gasteiger charge is -2.40. The number of nitrogens with two attached hydrogens (primary N) is 1.